The molecule has 14 N–H and O–H groups in total. The number of aliphatic carboxylic acids is 2. The topological polar surface area (TPSA) is 384 Å². The molecule has 1 aliphatic heterocycles. The summed E-state index contributed by atoms with van der Waals surface area (Å²) in [5, 5.41) is 56.7. The Labute approximate surface area is 440 Å². The average Bonchev–Trinajstić information content (AvgIpc) is 3.37. The van der Waals surface area contributed by atoms with Crippen molar-refractivity contribution in [1.29, 1.82) is 0 Å². The molecule has 0 spiro atoms. The van der Waals surface area contributed by atoms with Crippen LogP contribution in [0.3, 0.4) is 0 Å². The third-order valence-corrected chi connectivity index (χ3v) is 12.7. The van der Waals surface area contributed by atoms with Gasteiger partial charge in [0.1, 0.15) is 35.9 Å². The van der Waals surface area contributed by atoms with Crippen molar-refractivity contribution in [2.45, 2.75) is 115 Å². The third kappa shape index (κ3) is 19.2. The van der Waals surface area contributed by atoms with Gasteiger partial charge in [0.15, 0.2) is 17.5 Å². The number of ether oxygens (including phenoxy) is 1. The number of hydrogen-bond acceptors (Lipinski definition) is 13. The molecule has 24 heteroatoms. The summed E-state index contributed by atoms with van der Waals surface area (Å²) < 4.78 is 5.18. The van der Waals surface area contributed by atoms with Crippen molar-refractivity contribution in [3.63, 3.8) is 0 Å². The summed E-state index contributed by atoms with van der Waals surface area (Å²) in [6.45, 7) is 10.9. The van der Waals surface area contributed by atoms with Gasteiger partial charge in [-0.25, -0.2) is 9.59 Å². The van der Waals surface area contributed by atoms with E-state index >= 15 is 0 Å². The van der Waals surface area contributed by atoms with Gasteiger partial charge in [-0.3, -0.25) is 38.6 Å². The molecule has 7 amide bonds. The maximum absolute atomic E-state index is 14.4. The summed E-state index contributed by atoms with van der Waals surface area (Å²) in [7, 11) is 2.45. The lowest BCUT2D eigenvalue weighted by atomic mass is 9.94. The number of aliphatic hydroxyl groups is 1. The molecule has 0 bridgehead atoms. The lowest BCUT2D eigenvalue weighted by Crippen LogP contribution is -2.59. The number of likely N-dealkylation sites (N-methyl/N-ethyl adjacent to an activating group) is 1. The molecule has 0 saturated carbocycles. The van der Waals surface area contributed by atoms with E-state index in [9.17, 15) is 63.6 Å². The van der Waals surface area contributed by atoms with E-state index in [0.29, 0.717) is 17.6 Å². The number of amides is 7. The molecule has 76 heavy (non-hydrogen) atoms. The lowest BCUT2D eigenvalue weighted by molar-refractivity contribution is -0.146. The number of hydrogen-bond donors (Lipinski definition) is 12. The molecule has 0 aliphatic carbocycles. The predicted molar refractivity (Wildman–Crippen MR) is 278 cm³/mol. The number of rotatable bonds is 15. The average molecular weight is 1060 g/mol. The molecule has 2 aromatic rings. The van der Waals surface area contributed by atoms with Gasteiger partial charge in [0.05, 0.1) is 31.1 Å². The second kappa shape index (κ2) is 29.6. The van der Waals surface area contributed by atoms with Crippen LogP contribution in [0.25, 0.3) is 0 Å². The van der Waals surface area contributed by atoms with E-state index < -0.39 is 126 Å². The van der Waals surface area contributed by atoms with Crippen LogP contribution in [0, 0.1) is 17.8 Å². The van der Waals surface area contributed by atoms with Gasteiger partial charge < -0.3 is 73.4 Å². The van der Waals surface area contributed by atoms with Crippen LogP contribution in [-0.4, -0.2) is 148 Å². The first-order valence-electron chi connectivity index (χ1n) is 24.5. The zero-order valence-electron chi connectivity index (χ0n) is 43.7. The van der Waals surface area contributed by atoms with Gasteiger partial charge in [-0.05, 0) is 62.8 Å². The number of phenolic OH excluding ortho intramolecular Hbond substituents is 1. The number of guanidine groups is 1. The van der Waals surface area contributed by atoms with E-state index in [0.717, 1.165) is 10.5 Å². The number of nitrogens with two attached hydrogens (primary N) is 2. The summed E-state index contributed by atoms with van der Waals surface area (Å²) in [5.74, 6) is -13.7. The Hall–Kier alpha value is -8.28. The monoisotopic (exact) mass is 1060 g/mol. The van der Waals surface area contributed by atoms with Gasteiger partial charge in [-0.15, -0.1) is 0 Å². The highest BCUT2D eigenvalue weighted by atomic mass is 16.5. The molecule has 414 valence electrons. The largest absolute Gasteiger partial charge is 0.504 e. The molecule has 0 aromatic heterocycles. The fourth-order valence-electron chi connectivity index (χ4n) is 7.76. The van der Waals surface area contributed by atoms with Crippen LogP contribution in [-0.2, 0) is 56.0 Å². The molecule has 0 radical (unpaired) electrons. The standard InChI is InChI=1S/C52H72N10O14/c1-27(23-28(2)40(64)25-33-13-10-9-11-14-33)16-18-35-29(3)44(66)59-37(50(72)73)19-21-42(65)62(7)32(6)47(69)56-31(5)46(68)60-38(24-34-17-20-39(63)41(26-34)76-8)49(71)61-43(51(74)75)30(4)45(67)58-36(48(70)57-35)15-12-22-55-52(53)54/h9-11,13-14,16-18,20,23,26,28-31,35-38,40,43,63-64H,6,12,15,19,21-22,24-25H2,1-5,7-8H3,(H,56,69)(H,57,70)(H,58,67)(H,59,66)(H,60,68)(H,61,71)(H,72,73)(H,74,75)(H4,53,54,55)/b18-16+,27-23+/t28-,29-,30-,31+,35-,36-,37+,38-,40-,43+/m0/s1. The number of carboxylic acid groups (broad SMARTS) is 2. The Morgan fingerprint density at radius 2 is 1.47 bits per heavy atom. The maximum Gasteiger partial charge on any atom is 0.327 e. The minimum atomic E-state index is -2.00. The number of phenols is 1. The number of carbonyl (C=O) groups excluding carboxylic acids is 7. The second-order valence-corrected chi connectivity index (χ2v) is 18.6. The second-order valence-electron chi connectivity index (χ2n) is 18.6. The van der Waals surface area contributed by atoms with Gasteiger partial charge in [0, 0.05) is 32.4 Å². The number of carboxylic acids is 2. The van der Waals surface area contributed by atoms with Crippen molar-refractivity contribution in [3.8, 4) is 11.5 Å². The minimum absolute atomic E-state index is 0.00127. The Morgan fingerprint density at radius 1 is 0.842 bits per heavy atom. The van der Waals surface area contributed by atoms with Gasteiger partial charge >= 0.3 is 11.9 Å². The molecule has 1 fully saturated rings. The summed E-state index contributed by atoms with van der Waals surface area (Å²) in [5.41, 5.74) is 12.4. The Kier molecular flexibility index (Phi) is 24.1. The van der Waals surface area contributed by atoms with E-state index in [1.54, 1.807) is 26.0 Å². The number of aliphatic imine (C=N–C) groups is 1. The predicted octanol–water partition coefficient (Wildman–Crippen LogP) is -0.125. The molecular formula is C52H72N10O14. The number of methoxy groups -OCH3 is 1. The minimum Gasteiger partial charge on any atom is -0.504 e. The highest BCUT2D eigenvalue weighted by Crippen LogP contribution is 2.27. The first kappa shape index (κ1) is 62.0. The van der Waals surface area contributed by atoms with Crippen LogP contribution < -0.4 is 48.1 Å². The van der Waals surface area contributed by atoms with E-state index in [-0.39, 0.29) is 49.2 Å². The fraction of sp³-hybridized carbons (Fsp3) is 0.462. The van der Waals surface area contributed by atoms with Crippen LogP contribution >= 0.6 is 0 Å². The van der Waals surface area contributed by atoms with Gasteiger partial charge in [-0.2, -0.15) is 0 Å². The quantitative estimate of drug-likeness (QED) is 0.0364. The van der Waals surface area contributed by atoms with E-state index in [4.69, 9.17) is 16.2 Å². The first-order valence-corrected chi connectivity index (χ1v) is 24.5. The van der Waals surface area contributed by atoms with Crippen molar-refractivity contribution in [1.82, 2.24) is 36.8 Å². The zero-order chi connectivity index (χ0) is 57.0. The number of aromatic hydroxyl groups is 1. The number of carbonyl (C=O) groups is 9. The molecule has 1 aliphatic rings. The van der Waals surface area contributed by atoms with E-state index in [1.165, 1.54) is 59.2 Å². The van der Waals surface area contributed by atoms with Crippen LogP contribution in [0.15, 0.2) is 89.6 Å². The number of nitrogens with one attached hydrogen (secondary N) is 6. The molecule has 10 atom stereocenters. The maximum atomic E-state index is 14.4. The zero-order valence-corrected chi connectivity index (χ0v) is 43.7. The van der Waals surface area contributed by atoms with Crippen LogP contribution in [0.5, 0.6) is 11.5 Å². The van der Waals surface area contributed by atoms with Crippen molar-refractivity contribution in [2.24, 2.45) is 34.2 Å². The number of nitrogens with zero attached hydrogens (tertiary/aromatic N) is 2. The van der Waals surface area contributed by atoms with Gasteiger partial charge in [-0.1, -0.05) is 87.5 Å². The summed E-state index contributed by atoms with van der Waals surface area (Å²) in [6.07, 6.45) is 2.94. The van der Waals surface area contributed by atoms with Gasteiger partial charge in [0.2, 0.25) is 35.4 Å². The van der Waals surface area contributed by atoms with Crippen molar-refractivity contribution in [3.05, 3.63) is 95.7 Å². The number of aliphatic hydroxyl groups excluding tert-OH is 1. The highest BCUT2D eigenvalue weighted by molar-refractivity contribution is 6.00. The Bertz CT molecular complexity index is 2530. The SMILES string of the molecule is C=C1C(=O)N[C@H](C)C(=O)N[C@@H](Cc2ccc(O)c(OC)c2)C(=O)N[C@@H](C(=O)O)[C@H](C)C(=O)N[C@@H](CCCN=C(N)N)C(=O)N[C@@H](/C=C/C(C)=C/[C@H](C)[C@@H](O)Cc2ccccc2)[C@H](C)C(=O)N[C@@H](C(=O)O)CCC(=O)N1C. The van der Waals surface area contributed by atoms with Crippen LogP contribution in [0.4, 0.5) is 0 Å². The summed E-state index contributed by atoms with van der Waals surface area (Å²) >= 11 is 0. The summed E-state index contributed by atoms with van der Waals surface area (Å²) in [4.78, 5) is 127. The lowest BCUT2D eigenvalue weighted by Gasteiger charge is -2.28. The normalized spacial score (nSPS) is 24.3. The van der Waals surface area contributed by atoms with Crippen LogP contribution in [0.2, 0.25) is 0 Å². The molecule has 2 aromatic carbocycles. The smallest absolute Gasteiger partial charge is 0.327 e. The molecule has 0 unspecified atom stereocenters. The Morgan fingerprint density at radius 3 is 2.09 bits per heavy atom. The van der Waals surface area contributed by atoms with E-state index in [2.05, 4.69) is 43.5 Å². The van der Waals surface area contributed by atoms with E-state index in [1.807, 2.05) is 30.3 Å². The molecule has 24 nitrogen and oxygen atoms in total. The van der Waals surface area contributed by atoms with Crippen molar-refractivity contribution >= 4 is 59.2 Å². The van der Waals surface area contributed by atoms with Crippen molar-refractivity contribution in [2.75, 3.05) is 20.7 Å². The summed E-state index contributed by atoms with van der Waals surface area (Å²) in [6, 6.07) is 3.92. The van der Waals surface area contributed by atoms with Crippen molar-refractivity contribution < 1.29 is 68.3 Å². The fourth-order valence-corrected chi connectivity index (χ4v) is 7.76. The number of benzene rings is 2. The number of allylic oxidation sites excluding steroid dienone is 2. The molecule has 1 saturated heterocycles. The van der Waals surface area contributed by atoms with Gasteiger partial charge in [0.25, 0.3) is 5.91 Å². The molecular weight excluding hydrogens is 989 g/mol. The molecule has 3 rings (SSSR count). The first-order chi connectivity index (χ1) is 35.7. The van der Waals surface area contributed by atoms with Crippen LogP contribution in [0.1, 0.15) is 71.4 Å². The third-order valence-electron chi connectivity index (χ3n) is 12.7. The molecule has 1 heterocycles. The highest BCUT2D eigenvalue weighted by Gasteiger charge is 2.37. The Balaban J connectivity index is 2.15.